The van der Waals surface area contributed by atoms with Gasteiger partial charge in [0, 0.05) is 13.1 Å². The lowest BCUT2D eigenvalue weighted by molar-refractivity contribution is 0.162. The summed E-state index contributed by atoms with van der Waals surface area (Å²) in [6, 6.07) is -0.320. The van der Waals surface area contributed by atoms with E-state index in [1.807, 2.05) is 0 Å². The molecule has 1 saturated heterocycles. The van der Waals surface area contributed by atoms with Gasteiger partial charge in [-0.3, -0.25) is 0 Å². The molecule has 1 unspecified atom stereocenters. The molecular formula is C8H14N2O2. The van der Waals surface area contributed by atoms with E-state index in [2.05, 4.69) is 0 Å². The van der Waals surface area contributed by atoms with E-state index in [0.29, 0.717) is 11.8 Å². The highest BCUT2D eigenvalue weighted by atomic mass is 16.3. The molecule has 0 spiro atoms. The van der Waals surface area contributed by atoms with Gasteiger partial charge in [0.1, 0.15) is 0 Å². The van der Waals surface area contributed by atoms with Crippen molar-refractivity contribution in [2.45, 2.75) is 18.9 Å². The number of hydrogen-bond acceptors (Lipinski definition) is 2. The average molecular weight is 170 g/mol. The Morgan fingerprint density at radius 2 is 1.83 bits per heavy atom. The third-order valence-electron chi connectivity index (χ3n) is 3.04. The zero-order chi connectivity index (χ0) is 8.72. The van der Waals surface area contributed by atoms with E-state index in [4.69, 9.17) is 5.73 Å². The average Bonchev–Trinajstić information content (AvgIpc) is 2.42. The fraction of sp³-hybridized carbons (Fsp3) is 0.875. The standard InChI is InChI=1S/C8H14N2O2/c9-8(12)10-3-5-1-7(11)2-6(5)4-10/h5-7,11H,1-4H2,(H2,9,12)/t5-,6+,7?. The molecule has 12 heavy (non-hydrogen) atoms. The summed E-state index contributed by atoms with van der Waals surface area (Å²) in [4.78, 5) is 12.5. The molecule has 0 aromatic carbocycles. The van der Waals surface area contributed by atoms with Gasteiger partial charge in [0.25, 0.3) is 0 Å². The fourth-order valence-corrected chi connectivity index (χ4v) is 2.45. The summed E-state index contributed by atoms with van der Waals surface area (Å²) in [5, 5.41) is 9.33. The highest BCUT2D eigenvalue weighted by molar-refractivity contribution is 5.72. The zero-order valence-electron chi connectivity index (χ0n) is 6.94. The first-order chi connectivity index (χ1) is 5.66. The predicted octanol–water partition coefficient (Wildman–Crippen LogP) is -0.232. The Labute approximate surface area is 71.3 Å². The van der Waals surface area contributed by atoms with Crippen LogP contribution in [0.5, 0.6) is 0 Å². The first-order valence-electron chi connectivity index (χ1n) is 4.39. The van der Waals surface area contributed by atoms with E-state index in [1.54, 1.807) is 4.90 Å². The lowest BCUT2D eigenvalue weighted by Crippen LogP contribution is -2.34. The number of aliphatic hydroxyl groups is 1. The highest BCUT2D eigenvalue weighted by Gasteiger charge is 2.41. The molecule has 2 amide bonds. The fourth-order valence-electron chi connectivity index (χ4n) is 2.45. The Hall–Kier alpha value is -0.770. The number of likely N-dealkylation sites (tertiary alicyclic amines) is 1. The van der Waals surface area contributed by atoms with E-state index < -0.39 is 0 Å². The van der Waals surface area contributed by atoms with Gasteiger partial charge in [-0.1, -0.05) is 0 Å². The maximum absolute atomic E-state index is 10.8. The zero-order valence-corrected chi connectivity index (χ0v) is 6.94. The minimum atomic E-state index is -0.320. The van der Waals surface area contributed by atoms with Crippen LogP contribution in [0, 0.1) is 11.8 Å². The number of primary amides is 1. The van der Waals surface area contributed by atoms with Crippen molar-refractivity contribution in [3.05, 3.63) is 0 Å². The second-order valence-corrected chi connectivity index (χ2v) is 3.89. The molecule has 1 heterocycles. The molecule has 3 N–H and O–H groups in total. The first-order valence-corrected chi connectivity index (χ1v) is 4.39. The van der Waals surface area contributed by atoms with Gasteiger partial charge in [-0.15, -0.1) is 0 Å². The largest absolute Gasteiger partial charge is 0.393 e. The normalized spacial score (nSPS) is 40.1. The second kappa shape index (κ2) is 2.62. The van der Waals surface area contributed by atoms with Crippen LogP contribution in [0.25, 0.3) is 0 Å². The minimum absolute atomic E-state index is 0.143. The molecule has 2 fully saturated rings. The summed E-state index contributed by atoms with van der Waals surface area (Å²) in [6.45, 7) is 1.49. The van der Waals surface area contributed by atoms with E-state index in [-0.39, 0.29) is 12.1 Å². The van der Waals surface area contributed by atoms with Crippen LogP contribution in [0.3, 0.4) is 0 Å². The molecule has 1 saturated carbocycles. The molecule has 0 bridgehead atoms. The lowest BCUT2D eigenvalue weighted by Gasteiger charge is -2.14. The number of urea groups is 1. The van der Waals surface area contributed by atoms with Gasteiger partial charge >= 0.3 is 6.03 Å². The van der Waals surface area contributed by atoms with Crippen molar-refractivity contribution in [1.82, 2.24) is 4.90 Å². The van der Waals surface area contributed by atoms with Gasteiger partial charge in [-0.05, 0) is 24.7 Å². The van der Waals surface area contributed by atoms with Crippen LogP contribution in [0.4, 0.5) is 4.79 Å². The third kappa shape index (κ3) is 1.16. The van der Waals surface area contributed by atoms with E-state index >= 15 is 0 Å². The van der Waals surface area contributed by atoms with Gasteiger partial charge in [-0.25, -0.2) is 4.79 Å². The number of nitrogens with zero attached hydrogens (tertiary/aromatic N) is 1. The van der Waals surface area contributed by atoms with E-state index in [9.17, 15) is 9.90 Å². The lowest BCUT2D eigenvalue weighted by atomic mass is 10.0. The highest BCUT2D eigenvalue weighted by Crippen LogP contribution is 2.37. The smallest absolute Gasteiger partial charge is 0.314 e. The van der Waals surface area contributed by atoms with Crippen molar-refractivity contribution in [2.24, 2.45) is 17.6 Å². The van der Waals surface area contributed by atoms with Crippen LogP contribution < -0.4 is 5.73 Å². The van der Waals surface area contributed by atoms with Crippen molar-refractivity contribution in [3.63, 3.8) is 0 Å². The molecule has 1 aliphatic carbocycles. The molecule has 68 valence electrons. The number of carbonyl (C=O) groups excluding carboxylic acids is 1. The molecule has 4 heteroatoms. The van der Waals surface area contributed by atoms with Crippen molar-refractivity contribution in [1.29, 1.82) is 0 Å². The summed E-state index contributed by atoms with van der Waals surface area (Å²) in [7, 11) is 0. The number of fused-ring (bicyclic) bond motifs is 1. The Kier molecular flexibility index (Phi) is 1.72. The number of amides is 2. The Morgan fingerprint density at radius 3 is 2.25 bits per heavy atom. The number of carbonyl (C=O) groups is 1. The molecule has 0 aromatic rings. The van der Waals surface area contributed by atoms with Crippen molar-refractivity contribution in [2.75, 3.05) is 13.1 Å². The number of rotatable bonds is 0. The van der Waals surface area contributed by atoms with Gasteiger partial charge in [0.05, 0.1) is 6.10 Å². The number of nitrogens with two attached hydrogens (primary N) is 1. The van der Waals surface area contributed by atoms with Crippen LogP contribution in [0.2, 0.25) is 0 Å². The van der Waals surface area contributed by atoms with Crippen molar-refractivity contribution >= 4 is 6.03 Å². The summed E-state index contributed by atoms with van der Waals surface area (Å²) in [5.41, 5.74) is 5.16. The summed E-state index contributed by atoms with van der Waals surface area (Å²) in [6.07, 6.45) is 1.54. The molecule has 3 atom stereocenters. The molecule has 1 aliphatic heterocycles. The molecule has 0 radical (unpaired) electrons. The Bertz CT molecular complexity index is 193. The second-order valence-electron chi connectivity index (χ2n) is 3.89. The van der Waals surface area contributed by atoms with Crippen LogP contribution >= 0.6 is 0 Å². The molecule has 2 aliphatic rings. The number of aliphatic hydroxyl groups excluding tert-OH is 1. The van der Waals surface area contributed by atoms with Crippen molar-refractivity contribution in [3.8, 4) is 0 Å². The molecule has 2 rings (SSSR count). The summed E-state index contributed by atoms with van der Waals surface area (Å²) < 4.78 is 0. The maximum Gasteiger partial charge on any atom is 0.314 e. The summed E-state index contributed by atoms with van der Waals surface area (Å²) in [5.74, 6) is 0.986. The minimum Gasteiger partial charge on any atom is -0.393 e. The maximum atomic E-state index is 10.8. The van der Waals surface area contributed by atoms with Gasteiger partial charge in [0.15, 0.2) is 0 Å². The predicted molar refractivity (Wildman–Crippen MR) is 43.4 cm³/mol. The van der Waals surface area contributed by atoms with Gasteiger partial charge < -0.3 is 15.7 Å². The number of hydrogen-bond donors (Lipinski definition) is 2. The SMILES string of the molecule is NC(=O)N1C[C@H]2CC(O)C[C@H]2C1. The molecular weight excluding hydrogens is 156 g/mol. The monoisotopic (exact) mass is 170 g/mol. The quantitative estimate of drug-likeness (QED) is 0.527. The van der Waals surface area contributed by atoms with Gasteiger partial charge in [-0.2, -0.15) is 0 Å². The first kappa shape index (κ1) is 7.86. The molecule has 0 aromatic heterocycles. The van der Waals surface area contributed by atoms with Crippen LogP contribution in [0.1, 0.15) is 12.8 Å². The van der Waals surface area contributed by atoms with E-state index in [0.717, 1.165) is 25.9 Å². The topological polar surface area (TPSA) is 66.6 Å². The Balaban J connectivity index is 1.98. The Morgan fingerprint density at radius 1 is 1.33 bits per heavy atom. The third-order valence-corrected chi connectivity index (χ3v) is 3.04. The van der Waals surface area contributed by atoms with Crippen LogP contribution in [-0.2, 0) is 0 Å². The van der Waals surface area contributed by atoms with Crippen molar-refractivity contribution < 1.29 is 9.90 Å². The molecule has 4 nitrogen and oxygen atoms in total. The van der Waals surface area contributed by atoms with E-state index in [1.165, 1.54) is 0 Å². The van der Waals surface area contributed by atoms with Crippen LogP contribution in [0.15, 0.2) is 0 Å². The summed E-state index contributed by atoms with van der Waals surface area (Å²) >= 11 is 0. The van der Waals surface area contributed by atoms with Gasteiger partial charge in [0.2, 0.25) is 0 Å². The van der Waals surface area contributed by atoms with Crippen LogP contribution in [-0.4, -0.2) is 35.2 Å².